The lowest BCUT2D eigenvalue weighted by molar-refractivity contribution is 0.0123. The molecule has 1 heterocycles. The molecule has 98 valence electrons. The van der Waals surface area contributed by atoms with Crippen molar-refractivity contribution in [2.45, 2.75) is 32.3 Å². The van der Waals surface area contributed by atoms with Crippen molar-refractivity contribution in [1.82, 2.24) is 0 Å². The molecule has 0 spiro atoms. The van der Waals surface area contributed by atoms with Gasteiger partial charge in [-0.05, 0) is 25.8 Å². The molecule has 0 aliphatic carbocycles. The van der Waals surface area contributed by atoms with Crippen LogP contribution in [0.1, 0.15) is 25.8 Å². The molecule has 0 saturated carbocycles. The molecular formula is C13H17NO3S. The van der Waals surface area contributed by atoms with Gasteiger partial charge >= 0.3 is 0 Å². The summed E-state index contributed by atoms with van der Waals surface area (Å²) < 4.78 is 24.2. The fourth-order valence-electron chi connectivity index (χ4n) is 1.78. The minimum atomic E-state index is -3.30. The molecule has 2 rings (SSSR count). The van der Waals surface area contributed by atoms with Gasteiger partial charge in [0.05, 0.1) is 5.75 Å². The maximum atomic E-state index is 12.1. The molecule has 1 aromatic carbocycles. The van der Waals surface area contributed by atoms with E-state index in [1.807, 2.05) is 44.2 Å². The van der Waals surface area contributed by atoms with Crippen molar-refractivity contribution < 1.29 is 13.3 Å². The second-order valence-corrected chi connectivity index (χ2v) is 7.18. The lowest BCUT2D eigenvalue weighted by Gasteiger charge is -2.13. The number of benzene rings is 1. The molecule has 5 heteroatoms. The highest BCUT2D eigenvalue weighted by Gasteiger charge is 2.35. The summed E-state index contributed by atoms with van der Waals surface area (Å²) in [5.74, 6) is 0.0787. The number of sulfone groups is 1. The number of nitrogens with zero attached hydrogens (tertiary/aromatic N) is 1. The van der Waals surface area contributed by atoms with E-state index in [1.54, 1.807) is 0 Å². The van der Waals surface area contributed by atoms with Gasteiger partial charge in [-0.2, -0.15) is 0 Å². The predicted octanol–water partition coefficient (Wildman–Crippen LogP) is 2.16. The molecule has 1 aliphatic rings. The van der Waals surface area contributed by atoms with Gasteiger partial charge in [-0.1, -0.05) is 35.5 Å². The first-order valence-corrected chi connectivity index (χ1v) is 7.56. The van der Waals surface area contributed by atoms with E-state index in [4.69, 9.17) is 4.84 Å². The van der Waals surface area contributed by atoms with Crippen molar-refractivity contribution in [3.63, 3.8) is 0 Å². The fourth-order valence-corrected chi connectivity index (χ4v) is 3.24. The highest BCUT2D eigenvalue weighted by atomic mass is 32.2. The zero-order valence-electron chi connectivity index (χ0n) is 10.6. The van der Waals surface area contributed by atoms with Crippen LogP contribution in [0.5, 0.6) is 0 Å². The molecule has 0 radical (unpaired) electrons. The summed E-state index contributed by atoms with van der Waals surface area (Å²) in [6, 6.07) is 9.57. The lowest BCUT2D eigenvalue weighted by atomic mass is 10.1. The number of hydrogen-bond donors (Lipinski definition) is 0. The largest absolute Gasteiger partial charge is 0.389 e. The highest BCUT2D eigenvalue weighted by molar-refractivity contribution is 8.06. The number of aryl methyl sites for hydroxylation is 1. The Kier molecular flexibility index (Phi) is 3.43. The molecule has 0 unspecified atom stereocenters. The Morgan fingerprint density at radius 2 is 1.94 bits per heavy atom. The van der Waals surface area contributed by atoms with Crippen LogP contribution in [0.4, 0.5) is 0 Å². The molecule has 1 aliphatic heterocycles. The first kappa shape index (κ1) is 13.1. The van der Waals surface area contributed by atoms with Crippen molar-refractivity contribution >= 4 is 14.9 Å². The molecule has 1 aromatic rings. The van der Waals surface area contributed by atoms with E-state index >= 15 is 0 Å². The van der Waals surface area contributed by atoms with E-state index < -0.39 is 15.4 Å². The number of rotatable bonds is 3. The van der Waals surface area contributed by atoms with Gasteiger partial charge in [0.1, 0.15) is 5.60 Å². The van der Waals surface area contributed by atoms with Crippen LogP contribution in [0.15, 0.2) is 35.5 Å². The van der Waals surface area contributed by atoms with E-state index in [-0.39, 0.29) is 10.8 Å². The summed E-state index contributed by atoms with van der Waals surface area (Å²) in [4.78, 5) is 5.10. The smallest absolute Gasteiger partial charge is 0.195 e. The first-order chi connectivity index (χ1) is 8.39. The van der Waals surface area contributed by atoms with Crippen molar-refractivity contribution in [2.24, 2.45) is 5.16 Å². The Morgan fingerprint density at radius 1 is 1.28 bits per heavy atom. The Labute approximate surface area is 108 Å². The minimum absolute atomic E-state index is 0.0787. The van der Waals surface area contributed by atoms with Gasteiger partial charge in [-0.25, -0.2) is 8.42 Å². The molecule has 0 bridgehead atoms. The molecule has 0 fully saturated rings. The summed E-state index contributed by atoms with van der Waals surface area (Å²) >= 11 is 0. The second kappa shape index (κ2) is 4.72. The van der Waals surface area contributed by atoms with Gasteiger partial charge in [-0.3, -0.25) is 0 Å². The third-order valence-corrected chi connectivity index (χ3v) is 4.51. The van der Waals surface area contributed by atoms with Crippen molar-refractivity contribution in [2.75, 3.05) is 5.75 Å². The van der Waals surface area contributed by atoms with Gasteiger partial charge in [0.15, 0.2) is 14.9 Å². The summed E-state index contributed by atoms with van der Waals surface area (Å²) in [5, 5.41) is 3.87. The van der Waals surface area contributed by atoms with Gasteiger partial charge in [0, 0.05) is 6.42 Å². The topological polar surface area (TPSA) is 55.7 Å². The molecule has 4 nitrogen and oxygen atoms in total. The van der Waals surface area contributed by atoms with Crippen molar-refractivity contribution in [3.8, 4) is 0 Å². The van der Waals surface area contributed by atoms with Crippen LogP contribution in [0.2, 0.25) is 0 Å². The maximum absolute atomic E-state index is 12.1. The van der Waals surface area contributed by atoms with E-state index in [9.17, 15) is 8.42 Å². The minimum Gasteiger partial charge on any atom is -0.389 e. The summed E-state index contributed by atoms with van der Waals surface area (Å²) in [7, 11) is -3.30. The fraction of sp³-hybridized carbons (Fsp3) is 0.462. The standard InChI is InChI=1S/C13H17NO3S/c1-13(2)10-12(14-17-13)18(15,16)9-8-11-6-4-3-5-7-11/h3-7H,8-10H2,1-2H3. The van der Waals surface area contributed by atoms with Crippen molar-refractivity contribution in [1.29, 1.82) is 0 Å². The Bertz CT molecular complexity index is 547. The quantitative estimate of drug-likeness (QED) is 0.843. The first-order valence-electron chi connectivity index (χ1n) is 5.91. The number of hydrogen-bond acceptors (Lipinski definition) is 4. The molecular weight excluding hydrogens is 250 g/mol. The summed E-state index contributed by atoms with van der Waals surface area (Å²) in [6.07, 6.45) is 0.854. The lowest BCUT2D eigenvalue weighted by Crippen LogP contribution is -2.24. The van der Waals surface area contributed by atoms with Gasteiger partial charge < -0.3 is 4.84 Å². The molecule has 0 N–H and O–H groups in total. The molecule has 0 amide bonds. The van der Waals surface area contributed by atoms with Gasteiger partial charge in [0.2, 0.25) is 0 Å². The summed E-state index contributed by atoms with van der Waals surface area (Å²) in [5.41, 5.74) is 0.509. The van der Waals surface area contributed by atoms with Crippen LogP contribution in [0.25, 0.3) is 0 Å². The third-order valence-electron chi connectivity index (χ3n) is 2.83. The SMILES string of the molecule is CC1(C)CC(S(=O)(=O)CCc2ccccc2)=NO1. The third kappa shape index (κ3) is 3.10. The van der Waals surface area contributed by atoms with Crippen LogP contribution in [-0.4, -0.2) is 24.8 Å². The van der Waals surface area contributed by atoms with Crippen LogP contribution in [-0.2, 0) is 21.1 Å². The van der Waals surface area contributed by atoms with Crippen LogP contribution in [0.3, 0.4) is 0 Å². The van der Waals surface area contributed by atoms with Crippen LogP contribution >= 0.6 is 0 Å². The zero-order chi connectivity index (χ0) is 13.2. The molecule has 18 heavy (non-hydrogen) atoms. The van der Waals surface area contributed by atoms with E-state index in [1.165, 1.54) is 0 Å². The van der Waals surface area contributed by atoms with E-state index in [0.29, 0.717) is 12.8 Å². The summed E-state index contributed by atoms with van der Waals surface area (Å²) in [6.45, 7) is 3.66. The molecule has 0 saturated heterocycles. The zero-order valence-corrected chi connectivity index (χ0v) is 11.4. The van der Waals surface area contributed by atoms with Crippen molar-refractivity contribution in [3.05, 3.63) is 35.9 Å². The van der Waals surface area contributed by atoms with Gasteiger partial charge in [-0.15, -0.1) is 0 Å². The maximum Gasteiger partial charge on any atom is 0.195 e. The Balaban J connectivity index is 2.01. The predicted molar refractivity (Wildman–Crippen MR) is 71.1 cm³/mol. The average molecular weight is 267 g/mol. The van der Waals surface area contributed by atoms with Crippen LogP contribution in [0, 0.1) is 0 Å². The molecule has 0 atom stereocenters. The second-order valence-electron chi connectivity index (χ2n) is 5.07. The average Bonchev–Trinajstić information content (AvgIpc) is 2.69. The molecule has 0 aromatic heterocycles. The van der Waals surface area contributed by atoms with Crippen LogP contribution < -0.4 is 0 Å². The normalized spacial score (nSPS) is 18.2. The Morgan fingerprint density at radius 3 is 2.50 bits per heavy atom. The highest BCUT2D eigenvalue weighted by Crippen LogP contribution is 2.25. The number of oxime groups is 1. The monoisotopic (exact) mass is 267 g/mol. The Hall–Kier alpha value is -1.36. The van der Waals surface area contributed by atoms with E-state index in [2.05, 4.69) is 5.16 Å². The van der Waals surface area contributed by atoms with Gasteiger partial charge in [0.25, 0.3) is 0 Å². The van der Waals surface area contributed by atoms with E-state index in [0.717, 1.165) is 5.56 Å².